The molecule has 34 heavy (non-hydrogen) atoms. The molecule has 0 aliphatic carbocycles. The van der Waals surface area contributed by atoms with Crippen LogP contribution in [-0.4, -0.2) is 40.1 Å². The topological polar surface area (TPSA) is 103 Å². The van der Waals surface area contributed by atoms with Gasteiger partial charge < -0.3 is 20.1 Å². The first-order valence-electron chi connectivity index (χ1n) is 10.4. The highest BCUT2D eigenvalue weighted by molar-refractivity contribution is 9.10. The van der Waals surface area contributed by atoms with E-state index in [1.165, 1.54) is 0 Å². The number of nitrogens with zero attached hydrogens (tertiary/aromatic N) is 4. The Labute approximate surface area is 205 Å². The first kappa shape index (κ1) is 23.2. The van der Waals surface area contributed by atoms with Gasteiger partial charge in [0.15, 0.2) is 0 Å². The van der Waals surface area contributed by atoms with E-state index in [-0.39, 0.29) is 12.5 Å². The fourth-order valence-electron chi connectivity index (χ4n) is 3.27. The largest absolute Gasteiger partial charge is 0.497 e. The number of anilines is 2. The highest BCUT2D eigenvalue weighted by atomic mass is 79.9. The van der Waals surface area contributed by atoms with Crippen LogP contribution in [0.5, 0.6) is 11.5 Å². The van der Waals surface area contributed by atoms with Crippen molar-refractivity contribution in [2.24, 2.45) is 0 Å². The maximum Gasteiger partial charge on any atom is 0.255 e. The van der Waals surface area contributed by atoms with Crippen molar-refractivity contribution >= 4 is 33.3 Å². The summed E-state index contributed by atoms with van der Waals surface area (Å²) in [6, 6.07) is 16.7. The predicted octanol–water partition coefficient (Wildman–Crippen LogP) is 4.17. The van der Waals surface area contributed by atoms with E-state index in [4.69, 9.17) is 9.47 Å². The van der Waals surface area contributed by atoms with E-state index in [1.807, 2.05) is 30.5 Å². The molecule has 0 atom stereocenters. The summed E-state index contributed by atoms with van der Waals surface area (Å²) in [7, 11) is 3.16. The summed E-state index contributed by atoms with van der Waals surface area (Å²) in [6.45, 7) is 0.823. The van der Waals surface area contributed by atoms with Gasteiger partial charge in [0.05, 0.1) is 44.8 Å². The molecular weight excluding hydrogens is 500 g/mol. The standard InChI is InChI=1S/C24H23BrN6O3/c1-33-19-9-10-22(34-2)21(12-19)28-23-20(4-3-11-26-23)24(32)27-13-18-15-31(30-29-18)14-16-5-7-17(25)8-6-16/h3-12,15H,13-14H2,1-2H3,(H,26,28)(H,27,32). The van der Waals surface area contributed by atoms with Gasteiger partial charge in [0.25, 0.3) is 5.91 Å². The maximum absolute atomic E-state index is 12.9. The molecule has 0 aliphatic heterocycles. The van der Waals surface area contributed by atoms with E-state index in [0.717, 1.165) is 10.0 Å². The lowest BCUT2D eigenvalue weighted by Crippen LogP contribution is -2.24. The summed E-state index contributed by atoms with van der Waals surface area (Å²) < 4.78 is 13.5. The lowest BCUT2D eigenvalue weighted by Gasteiger charge is -2.14. The van der Waals surface area contributed by atoms with Crippen molar-refractivity contribution in [1.29, 1.82) is 0 Å². The SMILES string of the molecule is COc1ccc(OC)c(Nc2ncccc2C(=O)NCc2cn(Cc3ccc(Br)cc3)nn2)c1. The Hall–Kier alpha value is -3.92. The third kappa shape index (κ3) is 5.70. The number of ether oxygens (including phenoxy) is 2. The number of carbonyl (C=O) groups is 1. The second-order valence-corrected chi connectivity index (χ2v) is 8.22. The number of rotatable bonds is 9. The molecule has 0 saturated heterocycles. The second kappa shape index (κ2) is 10.8. The van der Waals surface area contributed by atoms with Crippen molar-refractivity contribution in [1.82, 2.24) is 25.3 Å². The van der Waals surface area contributed by atoms with Crippen LogP contribution in [0.25, 0.3) is 0 Å². The Bertz CT molecular complexity index is 1280. The average Bonchev–Trinajstić information content (AvgIpc) is 3.31. The van der Waals surface area contributed by atoms with Crippen molar-refractivity contribution < 1.29 is 14.3 Å². The number of nitrogens with one attached hydrogen (secondary N) is 2. The summed E-state index contributed by atoms with van der Waals surface area (Å²) >= 11 is 3.43. The molecule has 2 heterocycles. The van der Waals surface area contributed by atoms with Gasteiger partial charge in [-0.3, -0.25) is 4.79 Å². The maximum atomic E-state index is 12.9. The molecule has 0 saturated carbocycles. The van der Waals surface area contributed by atoms with E-state index in [0.29, 0.717) is 40.8 Å². The number of halogens is 1. The normalized spacial score (nSPS) is 10.6. The molecule has 2 aromatic heterocycles. The minimum absolute atomic E-state index is 0.232. The predicted molar refractivity (Wildman–Crippen MR) is 132 cm³/mol. The lowest BCUT2D eigenvalue weighted by atomic mass is 10.2. The molecule has 2 aromatic carbocycles. The Morgan fingerprint density at radius 3 is 2.68 bits per heavy atom. The monoisotopic (exact) mass is 522 g/mol. The average molecular weight is 523 g/mol. The van der Waals surface area contributed by atoms with Crippen molar-refractivity contribution in [2.75, 3.05) is 19.5 Å². The van der Waals surface area contributed by atoms with E-state index in [1.54, 1.807) is 55.4 Å². The van der Waals surface area contributed by atoms with Gasteiger partial charge >= 0.3 is 0 Å². The van der Waals surface area contributed by atoms with Gasteiger partial charge in [-0.05, 0) is 42.0 Å². The highest BCUT2D eigenvalue weighted by Gasteiger charge is 2.15. The molecule has 1 amide bonds. The van der Waals surface area contributed by atoms with Crippen molar-refractivity contribution in [3.8, 4) is 11.5 Å². The zero-order valence-corrected chi connectivity index (χ0v) is 20.2. The van der Waals surface area contributed by atoms with Gasteiger partial charge in [-0.25, -0.2) is 9.67 Å². The highest BCUT2D eigenvalue weighted by Crippen LogP contribution is 2.31. The fourth-order valence-corrected chi connectivity index (χ4v) is 3.53. The molecule has 174 valence electrons. The van der Waals surface area contributed by atoms with Crippen LogP contribution in [0.3, 0.4) is 0 Å². The molecule has 4 aromatic rings. The zero-order valence-electron chi connectivity index (χ0n) is 18.7. The minimum Gasteiger partial charge on any atom is -0.497 e. The summed E-state index contributed by atoms with van der Waals surface area (Å²) in [4.78, 5) is 17.3. The van der Waals surface area contributed by atoms with Gasteiger partial charge in [0, 0.05) is 16.7 Å². The summed E-state index contributed by atoms with van der Waals surface area (Å²) in [6.07, 6.45) is 3.42. The van der Waals surface area contributed by atoms with Crippen molar-refractivity contribution in [3.63, 3.8) is 0 Å². The smallest absolute Gasteiger partial charge is 0.255 e. The molecular formula is C24H23BrN6O3. The third-order valence-corrected chi connectivity index (χ3v) is 5.51. The summed E-state index contributed by atoms with van der Waals surface area (Å²) in [5.74, 6) is 1.35. The molecule has 2 N–H and O–H groups in total. The van der Waals surface area contributed by atoms with Gasteiger partial charge in [-0.2, -0.15) is 0 Å². The zero-order chi connectivity index (χ0) is 23.9. The number of amides is 1. The van der Waals surface area contributed by atoms with Crippen molar-refractivity contribution in [2.45, 2.75) is 13.1 Å². The Balaban J connectivity index is 1.43. The van der Waals surface area contributed by atoms with Crippen LogP contribution in [0.4, 0.5) is 11.5 Å². The molecule has 9 nitrogen and oxygen atoms in total. The Morgan fingerprint density at radius 2 is 1.91 bits per heavy atom. The fraction of sp³-hybridized carbons (Fsp3) is 0.167. The van der Waals surface area contributed by atoms with Crippen LogP contribution in [0.15, 0.2) is 71.5 Å². The minimum atomic E-state index is -0.292. The van der Waals surface area contributed by atoms with Crippen LogP contribution in [0.2, 0.25) is 0 Å². The number of hydrogen-bond donors (Lipinski definition) is 2. The number of carbonyl (C=O) groups excluding carboxylic acids is 1. The first-order chi connectivity index (χ1) is 16.6. The van der Waals surface area contributed by atoms with Gasteiger partial charge in [-0.1, -0.05) is 33.3 Å². The van der Waals surface area contributed by atoms with Gasteiger partial charge in [-0.15, -0.1) is 5.10 Å². The van der Waals surface area contributed by atoms with Gasteiger partial charge in [0.2, 0.25) is 0 Å². The number of pyridine rings is 1. The second-order valence-electron chi connectivity index (χ2n) is 7.31. The van der Waals surface area contributed by atoms with E-state index in [2.05, 4.69) is 41.9 Å². The molecule has 0 spiro atoms. The van der Waals surface area contributed by atoms with Crippen LogP contribution < -0.4 is 20.1 Å². The molecule has 0 radical (unpaired) electrons. The number of hydrogen-bond acceptors (Lipinski definition) is 7. The Kier molecular flexibility index (Phi) is 7.38. The first-order valence-corrected chi connectivity index (χ1v) is 11.2. The molecule has 0 fully saturated rings. The number of methoxy groups -OCH3 is 2. The molecule has 0 aliphatic rings. The van der Waals surface area contributed by atoms with E-state index in [9.17, 15) is 4.79 Å². The Morgan fingerprint density at radius 1 is 1.09 bits per heavy atom. The van der Waals surface area contributed by atoms with Crippen LogP contribution >= 0.6 is 15.9 Å². The number of benzene rings is 2. The number of aromatic nitrogens is 4. The molecule has 0 unspecified atom stereocenters. The van der Waals surface area contributed by atoms with Crippen LogP contribution in [0, 0.1) is 0 Å². The van der Waals surface area contributed by atoms with E-state index < -0.39 is 0 Å². The van der Waals surface area contributed by atoms with Gasteiger partial charge in [0.1, 0.15) is 23.0 Å². The van der Waals surface area contributed by atoms with Crippen LogP contribution in [-0.2, 0) is 13.1 Å². The van der Waals surface area contributed by atoms with Crippen LogP contribution in [0.1, 0.15) is 21.6 Å². The molecule has 0 bridgehead atoms. The third-order valence-electron chi connectivity index (χ3n) is 4.99. The quantitative estimate of drug-likeness (QED) is 0.340. The lowest BCUT2D eigenvalue weighted by molar-refractivity contribution is 0.0951. The molecule has 10 heteroatoms. The molecule has 4 rings (SSSR count). The summed E-state index contributed by atoms with van der Waals surface area (Å²) in [5, 5.41) is 14.4. The van der Waals surface area contributed by atoms with E-state index >= 15 is 0 Å². The summed E-state index contributed by atoms with van der Waals surface area (Å²) in [5.41, 5.74) is 2.76. The van der Waals surface area contributed by atoms with Crippen molar-refractivity contribution in [3.05, 3.63) is 88.3 Å².